The lowest BCUT2D eigenvalue weighted by Crippen LogP contribution is -2.28. The second-order valence-corrected chi connectivity index (χ2v) is 8.30. The second kappa shape index (κ2) is 8.59. The van der Waals surface area contributed by atoms with E-state index in [4.69, 9.17) is 16.3 Å². The van der Waals surface area contributed by atoms with Gasteiger partial charge in [-0.15, -0.1) is 0 Å². The van der Waals surface area contributed by atoms with E-state index in [1.54, 1.807) is 34.1 Å². The van der Waals surface area contributed by atoms with Crippen LogP contribution in [0.4, 0.5) is 17.1 Å². The van der Waals surface area contributed by atoms with Crippen LogP contribution in [0.1, 0.15) is 24.8 Å². The molecule has 31 heavy (non-hydrogen) atoms. The molecule has 2 heterocycles. The molecule has 2 aromatic rings. The van der Waals surface area contributed by atoms with Crippen molar-refractivity contribution in [3.8, 4) is 5.75 Å². The zero-order valence-electron chi connectivity index (χ0n) is 17.5. The van der Waals surface area contributed by atoms with E-state index in [-0.39, 0.29) is 30.7 Å². The first-order valence-electron chi connectivity index (χ1n) is 10.2. The molecule has 0 aromatic heterocycles. The maximum atomic E-state index is 12.9. The van der Waals surface area contributed by atoms with Crippen LogP contribution in [0, 0.1) is 12.8 Å². The van der Waals surface area contributed by atoms with Gasteiger partial charge in [0.05, 0.1) is 18.7 Å². The predicted molar refractivity (Wildman–Crippen MR) is 120 cm³/mol. The number of benzene rings is 2. The summed E-state index contributed by atoms with van der Waals surface area (Å²) in [6.07, 6.45) is 1.54. The molecule has 4 rings (SSSR count). The molecule has 1 N–H and O–H groups in total. The van der Waals surface area contributed by atoms with Gasteiger partial charge in [0, 0.05) is 42.3 Å². The monoisotopic (exact) mass is 441 g/mol. The third kappa shape index (κ3) is 4.23. The fraction of sp³-hybridized carbons (Fsp3) is 0.348. The van der Waals surface area contributed by atoms with E-state index in [0.29, 0.717) is 28.6 Å². The summed E-state index contributed by atoms with van der Waals surface area (Å²) in [5.41, 5.74) is 2.99. The molecule has 2 aliphatic heterocycles. The number of methoxy groups -OCH3 is 1. The number of nitrogens with zero attached hydrogens (tertiary/aromatic N) is 2. The molecule has 2 aromatic carbocycles. The van der Waals surface area contributed by atoms with E-state index < -0.39 is 5.92 Å². The Balaban J connectivity index is 1.46. The van der Waals surface area contributed by atoms with Gasteiger partial charge < -0.3 is 19.9 Å². The topological polar surface area (TPSA) is 79.0 Å². The van der Waals surface area contributed by atoms with Gasteiger partial charge in [-0.3, -0.25) is 14.4 Å². The fourth-order valence-corrected chi connectivity index (χ4v) is 4.34. The zero-order valence-corrected chi connectivity index (χ0v) is 18.2. The zero-order chi connectivity index (χ0) is 22.1. The molecule has 0 spiro atoms. The number of hydrogen-bond acceptors (Lipinski definition) is 4. The van der Waals surface area contributed by atoms with E-state index in [2.05, 4.69) is 5.32 Å². The molecular weight excluding hydrogens is 418 g/mol. The third-order valence-electron chi connectivity index (χ3n) is 5.76. The number of halogens is 1. The molecule has 1 atom stereocenters. The van der Waals surface area contributed by atoms with Gasteiger partial charge in [-0.05, 0) is 55.3 Å². The van der Waals surface area contributed by atoms with Crippen molar-refractivity contribution in [2.45, 2.75) is 26.2 Å². The molecule has 0 aliphatic carbocycles. The lowest BCUT2D eigenvalue weighted by molar-refractivity contribution is -0.122. The molecule has 0 bridgehead atoms. The van der Waals surface area contributed by atoms with Crippen molar-refractivity contribution >= 4 is 46.4 Å². The Morgan fingerprint density at radius 1 is 1.10 bits per heavy atom. The maximum Gasteiger partial charge on any atom is 0.229 e. The second-order valence-electron chi connectivity index (χ2n) is 7.86. The lowest BCUT2D eigenvalue weighted by atomic mass is 10.1. The van der Waals surface area contributed by atoms with Crippen molar-refractivity contribution in [2.75, 3.05) is 35.3 Å². The van der Waals surface area contributed by atoms with Crippen LogP contribution in [0.3, 0.4) is 0 Å². The van der Waals surface area contributed by atoms with Crippen molar-refractivity contribution in [2.24, 2.45) is 5.92 Å². The van der Waals surface area contributed by atoms with Gasteiger partial charge in [0.15, 0.2) is 0 Å². The Kier molecular flexibility index (Phi) is 5.87. The van der Waals surface area contributed by atoms with Gasteiger partial charge in [-0.25, -0.2) is 0 Å². The Labute approximate surface area is 185 Å². The van der Waals surface area contributed by atoms with Crippen molar-refractivity contribution in [1.29, 1.82) is 0 Å². The fourth-order valence-electron chi connectivity index (χ4n) is 4.17. The molecule has 0 radical (unpaired) electrons. The third-order valence-corrected chi connectivity index (χ3v) is 5.99. The number of amides is 3. The predicted octanol–water partition coefficient (Wildman–Crippen LogP) is 3.78. The molecule has 2 aliphatic rings. The summed E-state index contributed by atoms with van der Waals surface area (Å²) >= 11 is 6.09. The van der Waals surface area contributed by atoms with Crippen LogP contribution in [0.5, 0.6) is 5.75 Å². The molecular formula is C23H24ClN3O4. The van der Waals surface area contributed by atoms with Crippen LogP contribution in [0.15, 0.2) is 36.4 Å². The minimum Gasteiger partial charge on any atom is -0.495 e. The SMILES string of the molecule is COc1ccc(Cl)cc1N1CC(C(=O)Nc2ccc(N3CCCC3=O)c(C)c2)CC1=O. The number of nitrogens with one attached hydrogen (secondary N) is 1. The van der Waals surface area contributed by atoms with Crippen LogP contribution in [0.2, 0.25) is 5.02 Å². The molecule has 8 heteroatoms. The lowest BCUT2D eigenvalue weighted by Gasteiger charge is -2.20. The highest BCUT2D eigenvalue weighted by molar-refractivity contribution is 6.31. The van der Waals surface area contributed by atoms with Gasteiger partial charge >= 0.3 is 0 Å². The van der Waals surface area contributed by atoms with E-state index in [0.717, 1.165) is 24.2 Å². The van der Waals surface area contributed by atoms with Gasteiger partial charge in [-0.1, -0.05) is 11.6 Å². The van der Waals surface area contributed by atoms with E-state index in [1.807, 2.05) is 19.1 Å². The summed E-state index contributed by atoms with van der Waals surface area (Å²) in [6, 6.07) is 10.6. The summed E-state index contributed by atoms with van der Waals surface area (Å²) in [5.74, 6) is -0.209. The molecule has 1 unspecified atom stereocenters. The number of rotatable bonds is 5. The molecule has 2 saturated heterocycles. The summed E-state index contributed by atoms with van der Waals surface area (Å²) in [5, 5.41) is 3.40. The molecule has 3 amide bonds. The van der Waals surface area contributed by atoms with Crippen LogP contribution in [0.25, 0.3) is 0 Å². The Morgan fingerprint density at radius 3 is 2.58 bits per heavy atom. The van der Waals surface area contributed by atoms with E-state index >= 15 is 0 Å². The van der Waals surface area contributed by atoms with Gasteiger partial charge in [0.2, 0.25) is 17.7 Å². The molecule has 0 saturated carbocycles. The number of hydrogen-bond donors (Lipinski definition) is 1. The first-order chi connectivity index (χ1) is 14.9. The highest BCUT2D eigenvalue weighted by Gasteiger charge is 2.36. The average Bonchev–Trinajstić information content (AvgIpc) is 3.33. The Hall–Kier alpha value is -3.06. The van der Waals surface area contributed by atoms with E-state index in [9.17, 15) is 14.4 Å². The first kappa shape index (κ1) is 21.2. The summed E-state index contributed by atoms with van der Waals surface area (Å²) in [4.78, 5) is 40.8. The number of carbonyl (C=O) groups excluding carboxylic acids is 3. The average molecular weight is 442 g/mol. The Morgan fingerprint density at radius 2 is 1.90 bits per heavy atom. The van der Waals surface area contributed by atoms with Crippen LogP contribution < -0.4 is 19.9 Å². The summed E-state index contributed by atoms with van der Waals surface area (Å²) < 4.78 is 5.35. The number of aryl methyl sites for hydroxylation is 1. The van der Waals surface area contributed by atoms with Gasteiger partial charge in [-0.2, -0.15) is 0 Å². The van der Waals surface area contributed by atoms with Gasteiger partial charge in [0.25, 0.3) is 0 Å². The van der Waals surface area contributed by atoms with Crippen LogP contribution in [-0.2, 0) is 14.4 Å². The smallest absolute Gasteiger partial charge is 0.229 e. The van der Waals surface area contributed by atoms with Crippen molar-refractivity contribution in [3.63, 3.8) is 0 Å². The minimum absolute atomic E-state index is 0.112. The van der Waals surface area contributed by atoms with Crippen molar-refractivity contribution in [1.82, 2.24) is 0 Å². The molecule has 7 nitrogen and oxygen atoms in total. The Bertz CT molecular complexity index is 1060. The van der Waals surface area contributed by atoms with Crippen LogP contribution in [-0.4, -0.2) is 37.9 Å². The minimum atomic E-state index is -0.490. The normalized spacial score (nSPS) is 18.6. The van der Waals surface area contributed by atoms with Crippen molar-refractivity contribution < 1.29 is 19.1 Å². The first-order valence-corrected chi connectivity index (χ1v) is 10.6. The maximum absolute atomic E-state index is 12.9. The quantitative estimate of drug-likeness (QED) is 0.765. The van der Waals surface area contributed by atoms with Gasteiger partial charge in [0.1, 0.15) is 5.75 Å². The van der Waals surface area contributed by atoms with Crippen molar-refractivity contribution in [3.05, 3.63) is 47.0 Å². The molecule has 162 valence electrons. The van der Waals surface area contributed by atoms with E-state index in [1.165, 1.54) is 7.11 Å². The summed E-state index contributed by atoms with van der Waals surface area (Å²) in [6.45, 7) is 2.89. The number of carbonyl (C=O) groups is 3. The highest BCUT2D eigenvalue weighted by Crippen LogP contribution is 2.35. The summed E-state index contributed by atoms with van der Waals surface area (Å²) in [7, 11) is 1.53. The number of anilines is 3. The molecule has 2 fully saturated rings. The highest BCUT2D eigenvalue weighted by atomic mass is 35.5. The number of ether oxygens (including phenoxy) is 1. The standard InChI is InChI=1S/C23H24ClN3O4/c1-14-10-17(6-7-18(14)26-9-3-4-21(26)28)25-23(30)15-11-22(29)27(13-15)19-12-16(24)5-8-20(19)31-2/h5-8,10,12,15H,3-4,9,11,13H2,1-2H3,(H,25,30). The van der Waals surface area contributed by atoms with Crippen LogP contribution >= 0.6 is 11.6 Å². The largest absolute Gasteiger partial charge is 0.495 e.